The SMILES string of the molecule is CC(C)P(C(C)C)C(C)C.[C-]#[O+].[CH-]=C1C(=NC2CCCCC2)NC2=C(CCCC2)C1(c1ccccc1)c1ccccc1.[CH]1[CH][CH][CH][CH]1.[Ru+2]. The first-order valence-electron chi connectivity index (χ1n) is 17.7. The van der Waals surface area contributed by atoms with Crippen LogP contribution in [0, 0.1) is 45.3 Å². The van der Waals surface area contributed by atoms with E-state index in [9.17, 15) is 0 Å². The average Bonchev–Trinajstić information content (AvgIpc) is 3.68. The van der Waals surface area contributed by atoms with Gasteiger partial charge in [0.2, 0.25) is 0 Å². The number of nitrogens with zero attached hydrogens (tertiary/aromatic N) is 1. The molecule has 6 rings (SSSR count). The van der Waals surface area contributed by atoms with Crippen LogP contribution in [-0.4, -0.2) is 28.9 Å². The molecule has 48 heavy (non-hydrogen) atoms. The van der Waals surface area contributed by atoms with E-state index in [0.717, 1.165) is 41.2 Å². The molecule has 0 atom stereocenters. The number of hydrogen-bond acceptors (Lipinski definition) is 1. The number of nitrogens with one attached hydrogen (secondary N) is 1. The minimum atomic E-state index is -0.434. The first kappa shape index (κ1) is 42.4. The second-order valence-electron chi connectivity index (χ2n) is 13.6. The zero-order chi connectivity index (χ0) is 34.2. The first-order valence-corrected chi connectivity index (χ1v) is 19.3. The third kappa shape index (κ3) is 11.1. The van der Waals surface area contributed by atoms with E-state index in [-0.39, 0.29) is 27.4 Å². The van der Waals surface area contributed by atoms with Crippen LogP contribution in [0.3, 0.4) is 0 Å². The van der Waals surface area contributed by atoms with Crippen LogP contribution in [0.2, 0.25) is 0 Å². The maximum atomic E-state index is 7.50. The molecule has 2 saturated carbocycles. The number of benzene rings is 2. The molecule has 5 heteroatoms. The molecular formula is C43H57N2OPRu+. The fourth-order valence-electron chi connectivity index (χ4n) is 7.81. The Labute approximate surface area is 308 Å². The summed E-state index contributed by atoms with van der Waals surface area (Å²) in [5.74, 6) is 0.912. The Bertz CT molecular complexity index is 1220. The molecule has 0 saturated heterocycles. The molecule has 2 fully saturated rings. The molecule has 3 aliphatic carbocycles. The fourth-order valence-corrected chi connectivity index (χ4v) is 11.4. The smallest absolute Gasteiger partial charge is 0.422 e. The van der Waals surface area contributed by atoms with Gasteiger partial charge in [0.15, 0.2) is 0 Å². The Kier molecular flexibility index (Phi) is 19.5. The van der Waals surface area contributed by atoms with Crippen molar-refractivity contribution in [1.82, 2.24) is 5.32 Å². The number of allylic oxidation sites excluding steroid dienone is 2. The zero-order valence-corrected chi connectivity index (χ0v) is 32.7. The van der Waals surface area contributed by atoms with Gasteiger partial charge in [-0.1, -0.05) is 129 Å². The Morgan fingerprint density at radius 2 is 1.15 bits per heavy atom. The maximum absolute atomic E-state index is 7.50. The molecule has 4 aliphatic rings. The molecule has 1 heterocycles. The van der Waals surface area contributed by atoms with Gasteiger partial charge in [-0.25, -0.2) is 0 Å². The Balaban J connectivity index is 0.000000370. The van der Waals surface area contributed by atoms with Gasteiger partial charge in [0.1, 0.15) is 0 Å². The van der Waals surface area contributed by atoms with Crippen molar-refractivity contribution in [1.29, 1.82) is 0 Å². The molecule has 1 N–H and O–H groups in total. The Hall–Kier alpha value is -1.82. The fraction of sp³-hybridized carbons (Fsp3) is 0.465. The molecule has 1 aliphatic heterocycles. The summed E-state index contributed by atoms with van der Waals surface area (Å²) in [6.07, 6.45) is 20.8. The minimum absolute atomic E-state index is 0. The van der Waals surface area contributed by atoms with Gasteiger partial charge in [-0.15, -0.1) is 0 Å². The van der Waals surface area contributed by atoms with Crippen LogP contribution in [0.25, 0.3) is 0 Å². The van der Waals surface area contributed by atoms with Crippen molar-refractivity contribution in [3.05, 3.63) is 134 Å². The van der Waals surface area contributed by atoms with Crippen LogP contribution in [0.4, 0.5) is 0 Å². The quantitative estimate of drug-likeness (QED) is 0.136. The second kappa shape index (κ2) is 22.1. The van der Waals surface area contributed by atoms with E-state index in [1.807, 2.05) is 32.1 Å². The van der Waals surface area contributed by atoms with Crippen molar-refractivity contribution < 1.29 is 24.1 Å². The third-order valence-electron chi connectivity index (χ3n) is 9.49. The molecule has 257 valence electrons. The normalized spacial score (nSPS) is 19.7. The summed E-state index contributed by atoms with van der Waals surface area (Å²) in [5.41, 5.74) is 8.41. The van der Waals surface area contributed by atoms with Gasteiger partial charge in [-0.3, -0.25) is 6.58 Å². The van der Waals surface area contributed by atoms with E-state index in [0.29, 0.717) is 6.04 Å². The summed E-state index contributed by atoms with van der Waals surface area (Å²) in [6.45, 7) is 25.8. The van der Waals surface area contributed by atoms with Gasteiger partial charge < -0.3 is 10.3 Å². The molecule has 0 spiro atoms. The van der Waals surface area contributed by atoms with Gasteiger partial charge >= 0.3 is 30.8 Å². The number of amidine groups is 1. The molecule has 0 bridgehead atoms. The largest absolute Gasteiger partial charge is 2.00 e. The van der Waals surface area contributed by atoms with Crippen LogP contribution in [0.15, 0.2) is 82.5 Å². The monoisotopic (exact) mass is 750 g/mol. The minimum Gasteiger partial charge on any atom is -0.422 e. The van der Waals surface area contributed by atoms with E-state index in [1.165, 1.54) is 67.3 Å². The molecular weight excluding hydrogens is 693 g/mol. The molecule has 0 aromatic heterocycles. The summed E-state index contributed by atoms with van der Waals surface area (Å²) in [5, 5.41) is 3.71. The molecule has 0 amide bonds. The van der Waals surface area contributed by atoms with Gasteiger partial charge in [0.05, 0.1) is 0 Å². The Morgan fingerprint density at radius 3 is 1.56 bits per heavy atom. The number of hydrogen-bond donors (Lipinski definition) is 1. The van der Waals surface area contributed by atoms with Crippen LogP contribution in [0.5, 0.6) is 0 Å². The molecule has 5 radical (unpaired) electrons. The van der Waals surface area contributed by atoms with E-state index in [4.69, 9.17) is 16.2 Å². The predicted octanol–water partition coefficient (Wildman–Crippen LogP) is 11.2. The molecule has 2 aromatic carbocycles. The zero-order valence-electron chi connectivity index (χ0n) is 30.1. The summed E-state index contributed by atoms with van der Waals surface area (Å²) in [7, 11) is 0.262. The van der Waals surface area contributed by atoms with Crippen LogP contribution in [-0.2, 0) is 29.5 Å². The van der Waals surface area contributed by atoms with E-state index in [2.05, 4.69) is 114 Å². The van der Waals surface area contributed by atoms with Crippen molar-refractivity contribution in [3.8, 4) is 0 Å². The van der Waals surface area contributed by atoms with Gasteiger partial charge in [-0.2, -0.15) is 5.57 Å². The Morgan fingerprint density at radius 1 is 0.708 bits per heavy atom. The third-order valence-corrected chi connectivity index (χ3v) is 13.1. The maximum Gasteiger partial charge on any atom is 2.00 e. The first-order chi connectivity index (χ1) is 22.8. The van der Waals surface area contributed by atoms with E-state index in [1.54, 1.807) is 0 Å². The van der Waals surface area contributed by atoms with Crippen molar-refractivity contribution in [3.63, 3.8) is 0 Å². The van der Waals surface area contributed by atoms with Crippen LogP contribution < -0.4 is 5.32 Å². The van der Waals surface area contributed by atoms with Crippen molar-refractivity contribution in [2.45, 2.75) is 128 Å². The molecule has 3 nitrogen and oxygen atoms in total. The van der Waals surface area contributed by atoms with Crippen molar-refractivity contribution in [2.24, 2.45) is 4.99 Å². The van der Waals surface area contributed by atoms with E-state index >= 15 is 0 Å². The number of aliphatic imine (C=N–C) groups is 1. The molecule has 0 unspecified atom stereocenters. The summed E-state index contributed by atoms with van der Waals surface area (Å²) in [6, 6.07) is 22.1. The summed E-state index contributed by atoms with van der Waals surface area (Å²) < 4.78 is 7.50. The van der Waals surface area contributed by atoms with Crippen molar-refractivity contribution >= 4 is 13.8 Å². The van der Waals surface area contributed by atoms with E-state index < -0.39 is 5.41 Å². The van der Waals surface area contributed by atoms with Gasteiger partial charge in [0.25, 0.3) is 0 Å². The van der Waals surface area contributed by atoms with Gasteiger partial charge in [-0.05, 0) is 110 Å². The van der Waals surface area contributed by atoms with Gasteiger partial charge in [0, 0.05) is 17.2 Å². The summed E-state index contributed by atoms with van der Waals surface area (Å²) in [4.78, 5) is 5.22. The second-order valence-corrected chi connectivity index (χ2v) is 17.6. The molecule has 2 aromatic rings. The van der Waals surface area contributed by atoms with Crippen LogP contribution in [0.1, 0.15) is 110 Å². The topological polar surface area (TPSA) is 44.3 Å². The van der Waals surface area contributed by atoms with Crippen molar-refractivity contribution in [2.75, 3.05) is 0 Å². The van der Waals surface area contributed by atoms with Crippen LogP contribution >= 0.6 is 7.92 Å². The predicted molar refractivity (Wildman–Crippen MR) is 202 cm³/mol. The number of rotatable bonds is 6. The average molecular weight is 750 g/mol. The standard InChI is InChI=1S/C28H31N2.C9H21P.C5H5.CO.Ru/c1-21-27(29-24-17-9-4-10-18-24)30-26-20-12-11-19-25(26)28(21,22-13-5-2-6-14-22)23-15-7-3-8-16-23;1-7(2)10(8(3)4)9(5)6;1-2-4-5-3-1;1-2;/h1-3,5-8,13-16,24H,4,9-12,17-20H2,(H,29,30);7-9H,1-6H3;1-5H;;/q-1;;;;+2. The summed E-state index contributed by atoms with van der Waals surface area (Å²) >= 11 is 0.